The van der Waals surface area contributed by atoms with Gasteiger partial charge >= 0.3 is 0 Å². The molecule has 0 aromatic heterocycles. The Morgan fingerprint density at radius 3 is 2.94 bits per heavy atom. The van der Waals surface area contributed by atoms with Crippen LogP contribution in [0.1, 0.15) is 32.6 Å². The molecule has 94 valence electrons. The Labute approximate surface area is 112 Å². The number of nitrogens with one attached hydrogen (secondary N) is 2. The van der Waals surface area contributed by atoms with Gasteiger partial charge in [-0.25, -0.2) is 0 Å². The van der Waals surface area contributed by atoms with Crippen molar-refractivity contribution >= 4 is 21.6 Å². The second-order valence-corrected chi connectivity index (χ2v) is 5.76. The van der Waals surface area contributed by atoms with Gasteiger partial charge in [0.25, 0.3) is 0 Å². The van der Waals surface area contributed by atoms with Crippen LogP contribution in [0.25, 0.3) is 0 Å². The number of hydrogen-bond acceptors (Lipinski definition) is 2. The molecule has 3 heteroatoms. The molecular weight excluding hydrogens is 276 g/mol. The first kappa shape index (κ1) is 12.9. The molecule has 1 heterocycles. The average Bonchev–Trinajstić information content (AvgIpc) is 2.33. The molecular formula is C14H21BrN2. The fourth-order valence-corrected chi connectivity index (χ4v) is 2.85. The predicted molar refractivity (Wildman–Crippen MR) is 77.5 cm³/mol. The summed E-state index contributed by atoms with van der Waals surface area (Å²) in [7, 11) is 0. The number of hydrogen-bond donors (Lipinski definition) is 2. The summed E-state index contributed by atoms with van der Waals surface area (Å²) in [6.45, 7) is 3.45. The minimum absolute atomic E-state index is 0.504. The lowest BCUT2D eigenvalue weighted by Crippen LogP contribution is -2.37. The van der Waals surface area contributed by atoms with Crippen LogP contribution in [-0.2, 0) is 0 Å². The molecule has 2 atom stereocenters. The first-order valence-corrected chi connectivity index (χ1v) is 7.29. The Morgan fingerprint density at radius 1 is 1.41 bits per heavy atom. The van der Waals surface area contributed by atoms with E-state index in [2.05, 4.69) is 51.7 Å². The molecule has 2 unspecified atom stereocenters. The largest absolute Gasteiger partial charge is 0.382 e. The van der Waals surface area contributed by atoms with Crippen LogP contribution in [0, 0.1) is 0 Å². The number of piperidine rings is 1. The molecule has 2 nitrogen and oxygen atoms in total. The van der Waals surface area contributed by atoms with Gasteiger partial charge in [-0.1, -0.05) is 18.6 Å². The van der Waals surface area contributed by atoms with Crippen molar-refractivity contribution in [1.82, 2.24) is 5.32 Å². The van der Waals surface area contributed by atoms with Crippen LogP contribution >= 0.6 is 15.9 Å². The smallest absolute Gasteiger partial charge is 0.0486 e. The standard InChI is InChI=1S/C14H21BrN2/c1-11(10-12-6-4-5-9-16-12)17-14-8-3-2-7-13(14)15/h2-3,7-8,11-12,16-17H,4-6,9-10H2,1H3. The second kappa shape index (κ2) is 6.41. The van der Waals surface area contributed by atoms with Gasteiger partial charge in [-0.2, -0.15) is 0 Å². The molecule has 1 aromatic carbocycles. The molecule has 1 aliphatic rings. The quantitative estimate of drug-likeness (QED) is 0.883. The van der Waals surface area contributed by atoms with Gasteiger partial charge in [0.2, 0.25) is 0 Å². The maximum absolute atomic E-state index is 3.60. The summed E-state index contributed by atoms with van der Waals surface area (Å²) in [4.78, 5) is 0. The van der Waals surface area contributed by atoms with E-state index in [0.29, 0.717) is 12.1 Å². The van der Waals surface area contributed by atoms with Crippen LogP contribution in [0.15, 0.2) is 28.7 Å². The topological polar surface area (TPSA) is 24.1 Å². The van der Waals surface area contributed by atoms with Gasteiger partial charge in [-0.3, -0.25) is 0 Å². The van der Waals surface area contributed by atoms with Crippen molar-refractivity contribution in [1.29, 1.82) is 0 Å². The lowest BCUT2D eigenvalue weighted by molar-refractivity contribution is 0.371. The summed E-state index contributed by atoms with van der Waals surface area (Å²) in [6, 6.07) is 9.50. The molecule has 0 saturated carbocycles. The highest BCUT2D eigenvalue weighted by Gasteiger charge is 2.15. The van der Waals surface area contributed by atoms with Crippen molar-refractivity contribution in [3.63, 3.8) is 0 Å². The fourth-order valence-electron chi connectivity index (χ4n) is 2.45. The molecule has 1 aliphatic heterocycles. The molecule has 1 fully saturated rings. The monoisotopic (exact) mass is 296 g/mol. The molecule has 1 saturated heterocycles. The summed E-state index contributed by atoms with van der Waals surface area (Å²) in [5.74, 6) is 0. The highest BCUT2D eigenvalue weighted by Crippen LogP contribution is 2.23. The Bertz CT molecular complexity index is 348. The Kier molecular flexibility index (Phi) is 4.86. The number of anilines is 1. The fraction of sp³-hybridized carbons (Fsp3) is 0.571. The molecule has 1 aromatic rings. The van der Waals surface area contributed by atoms with Gasteiger partial charge in [-0.05, 0) is 60.8 Å². The van der Waals surface area contributed by atoms with E-state index in [4.69, 9.17) is 0 Å². The molecule has 0 spiro atoms. The van der Waals surface area contributed by atoms with Crippen LogP contribution in [0.3, 0.4) is 0 Å². The first-order valence-electron chi connectivity index (χ1n) is 6.50. The maximum atomic E-state index is 3.60. The highest BCUT2D eigenvalue weighted by atomic mass is 79.9. The lowest BCUT2D eigenvalue weighted by atomic mass is 9.99. The number of para-hydroxylation sites is 1. The van der Waals surface area contributed by atoms with Crippen LogP contribution in [0.2, 0.25) is 0 Å². The van der Waals surface area contributed by atoms with E-state index in [-0.39, 0.29) is 0 Å². The Morgan fingerprint density at radius 2 is 2.24 bits per heavy atom. The predicted octanol–water partition coefficient (Wildman–Crippen LogP) is 3.78. The van der Waals surface area contributed by atoms with E-state index in [1.165, 1.54) is 37.9 Å². The van der Waals surface area contributed by atoms with Crippen molar-refractivity contribution < 1.29 is 0 Å². The van der Waals surface area contributed by atoms with Crippen LogP contribution in [-0.4, -0.2) is 18.6 Å². The van der Waals surface area contributed by atoms with Crippen LogP contribution < -0.4 is 10.6 Å². The van der Waals surface area contributed by atoms with Crippen molar-refractivity contribution in [3.05, 3.63) is 28.7 Å². The molecule has 0 bridgehead atoms. The van der Waals surface area contributed by atoms with Crippen molar-refractivity contribution in [2.75, 3.05) is 11.9 Å². The van der Waals surface area contributed by atoms with E-state index in [9.17, 15) is 0 Å². The summed E-state index contributed by atoms with van der Waals surface area (Å²) in [6.07, 6.45) is 5.23. The molecule has 17 heavy (non-hydrogen) atoms. The third kappa shape index (κ3) is 4.00. The van der Waals surface area contributed by atoms with E-state index in [1.54, 1.807) is 0 Å². The molecule has 0 radical (unpaired) electrons. The summed E-state index contributed by atoms with van der Waals surface area (Å²) in [5.41, 5.74) is 1.19. The minimum atomic E-state index is 0.504. The van der Waals surface area contributed by atoms with E-state index in [0.717, 1.165) is 4.47 Å². The number of halogens is 1. The summed E-state index contributed by atoms with van der Waals surface area (Å²) >= 11 is 3.57. The van der Waals surface area contributed by atoms with Gasteiger partial charge in [0.1, 0.15) is 0 Å². The van der Waals surface area contributed by atoms with Gasteiger partial charge in [0.05, 0.1) is 0 Å². The Hall–Kier alpha value is -0.540. The molecule has 2 rings (SSSR count). The van der Waals surface area contributed by atoms with Crippen molar-refractivity contribution in [3.8, 4) is 0 Å². The van der Waals surface area contributed by atoms with Crippen LogP contribution in [0.5, 0.6) is 0 Å². The molecule has 0 amide bonds. The Balaban J connectivity index is 1.84. The third-order valence-electron chi connectivity index (χ3n) is 3.33. The van der Waals surface area contributed by atoms with E-state index in [1.807, 2.05) is 6.07 Å². The number of benzene rings is 1. The normalized spacial score (nSPS) is 22.1. The van der Waals surface area contributed by atoms with Crippen molar-refractivity contribution in [2.45, 2.75) is 44.7 Å². The van der Waals surface area contributed by atoms with E-state index >= 15 is 0 Å². The van der Waals surface area contributed by atoms with Gasteiger partial charge in [-0.15, -0.1) is 0 Å². The zero-order valence-electron chi connectivity index (χ0n) is 10.4. The van der Waals surface area contributed by atoms with Gasteiger partial charge < -0.3 is 10.6 Å². The second-order valence-electron chi connectivity index (χ2n) is 4.91. The first-order chi connectivity index (χ1) is 8.25. The zero-order chi connectivity index (χ0) is 12.1. The van der Waals surface area contributed by atoms with Gasteiger partial charge in [0, 0.05) is 22.2 Å². The average molecular weight is 297 g/mol. The summed E-state index contributed by atoms with van der Waals surface area (Å²) < 4.78 is 1.14. The zero-order valence-corrected chi connectivity index (χ0v) is 12.0. The summed E-state index contributed by atoms with van der Waals surface area (Å²) in [5, 5.41) is 7.17. The van der Waals surface area contributed by atoms with Crippen LogP contribution in [0.4, 0.5) is 5.69 Å². The maximum Gasteiger partial charge on any atom is 0.0486 e. The molecule has 2 N–H and O–H groups in total. The minimum Gasteiger partial charge on any atom is -0.382 e. The SMILES string of the molecule is CC(CC1CCCCN1)Nc1ccccc1Br. The lowest BCUT2D eigenvalue weighted by Gasteiger charge is -2.27. The molecule has 0 aliphatic carbocycles. The third-order valence-corrected chi connectivity index (χ3v) is 4.02. The van der Waals surface area contributed by atoms with Gasteiger partial charge in [0.15, 0.2) is 0 Å². The van der Waals surface area contributed by atoms with Crippen molar-refractivity contribution in [2.24, 2.45) is 0 Å². The van der Waals surface area contributed by atoms with E-state index < -0.39 is 0 Å². The highest BCUT2D eigenvalue weighted by molar-refractivity contribution is 9.10. The number of rotatable bonds is 4.